The summed E-state index contributed by atoms with van der Waals surface area (Å²) < 4.78 is 13.0. The van der Waals surface area contributed by atoms with Crippen LogP contribution in [0.15, 0.2) is 24.1 Å². The van der Waals surface area contributed by atoms with Crippen molar-refractivity contribution in [2.24, 2.45) is 0 Å². The monoisotopic (exact) mass is 200 g/mol. The molecule has 0 spiro atoms. The first-order chi connectivity index (χ1) is 6.60. The number of hydrogen-bond donors (Lipinski definition) is 1. The lowest BCUT2D eigenvalue weighted by Gasteiger charge is -2.07. The summed E-state index contributed by atoms with van der Waals surface area (Å²) in [5.41, 5.74) is 0.118. The van der Waals surface area contributed by atoms with E-state index in [1.54, 1.807) is 0 Å². The van der Waals surface area contributed by atoms with Crippen LogP contribution < -0.4 is 0 Å². The van der Waals surface area contributed by atoms with Crippen molar-refractivity contribution in [2.45, 2.75) is 38.7 Å². The maximum Gasteiger partial charge on any atom is 0.149 e. The third-order valence-corrected chi connectivity index (χ3v) is 1.83. The molecule has 1 N–H and O–H groups in total. The van der Waals surface area contributed by atoms with Crippen LogP contribution in [0.5, 0.6) is 0 Å². The van der Waals surface area contributed by atoms with E-state index in [-0.39, 0.29) is 12.0 Å². The summed E-state index contributed by atoms with van der Waals surface area (Å²) >= 11 is 0. The standard InChI is InChI=1S/C11H17FO2/c1-3-4-11(14)6-5-10(12)7-9(2)8-13/h7-8,11,14H,2-6H2,1H3/b10-7+. The lowest BCUT2D eigenvalue weighted by atomic mass is 10.1. The van der Waals surface area contributed by atoms with E-state index in [4.69, 9.17) is 0 Å². The Kier molecular flexibility index (Phi) is 6.93. The summed E-state index contributed by atoms with van der Waals surface area (Å²) in [5.74, 6) is -0.405. The van der Waals surface area contributed by atoms with Gasteiger partial charge in [0.2, 0.25) is 0 Å². The van der Waals surface area contributed by atoms with Crippen LogP contribution in [0.4, 0.5) is 4.39 Å². The maximum absolute atomic E-state index is 13.0. The highest BCUT2D eigenvalue weighted by molar-refractivity contribution is 5.76. The molecule has 1 atom stereocenters. The van der Waals surface area contributed by atoms with E-state index in [0.717, 1.165) is 12.5 Å². The minimum Gasteiger partial charge on any atom is -0.393 e. The third-order valence-electron chi connectivity index (χ3n) is 1.83. The van der Waals surface area contributed by atoms with Crippen molar-refractivity contribution in [3.05, 3.63) is 24.1 Å². The van der Waals surface area contributed by atoms with Gasteiger partial charge in [0.05, 0.1) is 6.10 Å². The summed E-state index contributed by atoms with van der Waals surface area (Å²) in [6, 6.07) is 0. The van der Waals surface area contributed by atoms with Crippen molar-refractivity contribution in [3.8, 4) is 0 Å². The van der Waals surface area contributed by atoms with Crippen LogP contribution in [0, 0.1) is 0 Å². The molecule has 0 aromatic rings. The first-order valence-electron chi connectivity index (χ1n) is 4.78. The molecule has 0 aromatic carbocycles. The van der Waals surface area contributed by atoms with Crippen molar-refractivity contribution >= 4 is 6.29 Å². The van der Waals surface area contributed by atoms with E-state index in [1.165, 1.54) is 0 Å². The van der Waals surface area contributed by atoms with Gasteiger partial charge >= 0.3 is 0 Å². The second-order valence-electron chi connectivity index (χ2n) is 3.27. The first kappa shape index (κ1) is 13.0. The van der Waals surface area contributed by atoms with Crippen molar-refractivity contribution in [2.75, 3.05) is 0 Å². The number of hydrogen-bond acceptors (Lipinski definition) is 2. The number of rotatable bonds is 7. The Bertz CT molecular complexity index is 221. The van der Waals surface area contributed by atoms with E-state index in [9.17, 15) is 14.3 Å². The molecule has 1 unspecified atom stereocenters. The number of aldehydes is 1. The van der Waals surface area contributed by atoms with Crippen LogP contribution in [0.25, 0.3) is 0 Å². The van der Waals surface area contributed by atoms with Gasteiger partial charge in [-0.3, -0.25) is 4.79 Å². The fourth-order valence-electron chi connectivity index (χ4n) is 1.09. The Morgan fingerprint density at radius 1 is 1.57 bits per heavy atom. The zero-order valence-corrected chi connectivity index (χ0v) is 8.50. The Hall–Kier alpha value is -0.960. The first-order valence-corrected chi connectivity index (χ1v) is 4.78. The zero-order valence-electron chi connectivity index (χ0n) is 8.50. The molecule has 0 radical (unpaired) electrons. The van der Waals surface area contributed by atoms with Gasteiger partial charge in [0.1, 0.15) is 12.1 Å². The van der Waals surface area contributed by atoms with Gasteiger partial charge in [-0.2, -0.15) is 0 Å². The Balaban J connectivity index is 3.83. The van der Waals surface area contributed by atoms with Gasteiger partial charge < -0.3 is 5.11 Å². The van der Waals surface area contributed by atoms with Gasteiger partial charge in [-0.05, 0) is 18.9 Å². The van der Waals surface area contributed by atoms with Gasteiger partial charge in [0.25, 0.3) is 0 Å². The number of aliphatic hydroxyl groups excluding tert-OH is 1. The molecule has 0 saturated carbocycles. The molecule has 0 aliphatic rings. The van der Waals surface area contributed by atoms with Crippen molar-refractivity contribution in [3.63, 3.8) is 0 Å². The number of aliphatic hydroxyl groups is 1. The second-order valence-corrected chi connectivity index (χ2v) is 3.27. The quantitative estimate of drug-likeness (QED) is 0.389. The summed E-state index contributed by atoms with van der Waals surface area (Å²) in [5, 5.41) is 9.30. The summed E-state index contributed by atoms with van der Waals surface area (Å²) in [7, 11) is 0. The van der Waals surface area contributed by atoms with Gasteiger partial charge in [-0.1, -0.05) is 19.9 Å². The summed E-state index contributed by atoms with van der Waals surface area (Å²) in [6.45, 7) is 5.29. The molecule has 2 nitrogen and oxygen atoms in total. The molecule has 0 heterocycles. The van der Waals surface area contributed by atoms with E-state index < -0.39 is 11.9 Å². The molecule has 0 aliphatic heterocycles. The molecule has 0 amide bonds. The van der Waals surface area contributed by atoms with Crippen LogP contribution in [-0.4, -0.2) is 17.5 Å². The number of carbonyl (C=O) groups is 1. The van der Waals surface area contributed by atoms with Gasteiger partial charge in [-0.15, -0.1) is 0 Å². The van der Waals surface area contributed by atoms with Crippen molar-refractivity contribution < 1.29 is 14.3 Å². The average Bonchev–Trinajstić information content (AvgIpc) is 2.15. The van der Waals surface area contributed by atoms with Gasteiger partial charge in [0, 0.05) is 12.0 Å². The lowest BCUT2D eigenvalue weighted by Crippen LogP contribution is -2.05. The largest absolute Gasteiger partial charge is 0.393 e. The van der Waals surface area contributed by atoms with Crippen LogP contribution in [0.2, 0.25) is 0 Å². The van der Waals surface area contributed by atoms with Crippen molar-refractivity contribution in [1.29, 1.82) is 0 Å². The van der Waals surface area contributed by atoms with Gasteiger partial charge in [-0.25, -0.2) is 4.39 Å². The number of halogens is 1. The highest BCUT2D eigenvalue weighted by Crippen LogP contribution is 2.13. The molecule has 80 valence electrons. The molecular weight excluding hydrogens is 183 g/mol. The summed E-state index contributed by atoms with van der Waals surface area (Å²) in [4.78, 5) is 10.1. The van der Waals surface area contributed by atoms with Crippen LogP contribution in [-0.2, 0) is 4.79 Å². The van der Waals surface area contributed by atoms with Crippen LogP contribution in [0.3, 0.4) is 0 Å². The van der Waals surface area contributed by atoms with E-state index in [2.05, 4.69) is 6.58 Å². The fraction of sp³-hybridized carbons (Fsp3) is 0.545. The highest BCUT2D eigenvalue weighted by Gasteiger charge is 2.04. The Morgan fingerprint density at radius 3 is 2.71 bits per heavy atom. The smallest absolute Gasteiger partial charge is 0.149 e. The highest BCUT2D eigenvalue weighted by atomic mass is 19.1. The van der Waals surface area contributed by atoms with Crippen LogP contribution >= 0.6 is 0 Å². The molecule has 0 aliphatic carbocycles. The predicted octanol–water partition coefficient (Wildman–Crippen LogP) is 2.54. The second kappa shape index (κ2) is 7.44. The topological polar surface area (TPSA) is 37.3 Å². The van der Waals surface area contributed by atoms with E-state index in [1.807, 2.05) is 6.92 Å². The van der Waals surface area contributed by atoms with Crippen molar-refractivity contribution in [1.82, 2.24) is 0 Å². The summed E-state index contributed by atoms with van der Waals surface area (Å²) in [6.07, 6.45) is 3.27. The minimum atomic E-state index is -0.455. The van der Waals surface area contributed by atoms with E-state index >= 15 is 0 Å². The van der Waals surface area contributed by atoms with Gasteiger partial charge in [0.15, 0.2) is 0 Å². The molecule has 14 heavy (non-hydrogen) atoms. The lowest BCUT2D eigenvalue weighted by molar-refractivity contribution is -0.104. The molecule has 0 saturated heterocycles. The Morgan fingerprint density at radius 2 is 2.21 bits per heavy atom. The normalized spacial score (nSPS) is 13.8. The maximum atomic E-state index is 13.0. The fourth-order valence-corrected chi connectivity index (χ4v) is 1.09. The zero-order chi connectivity index (χ0) is 11.0. The molecule has 3 heteroatoms. The molecule has 0 rings (SSSR count). The molecule has 0 aromatic heterocycles. The third kappa shape index (κ3) is 6.54. The van der Waals surface area contributed by atoms with Crippen LogP contribution in [0.1, 0.15) is 32.6 Å². The molecule has 0 bridgehead atoms. The predicted molar refractivity (Wildman–Crippen MR) is 54.5 cm³/mol. The SMILES string of the molecule is C=C(C=O)/C=C(/F)CCC(O)CCC. The number of carbonyl (C=O) groups excluding carboxylic acids is 1. The molecular formula is C11H17FO2. The number of allylic oxidation sites excluding steroid dienone is 3. The Labute approximate surface area is 84.1 Å². The average molecular weight is 200 g/mol. The van der Waals surface area contributed by atoms with E-state index in [0.29, 0.717) is 19.1 Å². The minimum absolute atomic E-state index is 0.118. The molecule has 0 fully saturated rings.